The van der Waals surface area contributed by atoms with Crippen LogP contribution in [-0.2, 0) is 19.1 Å². The first-order chi connectivity index (χ1) is 41.8. The molecule has 2 amide bonds. The summed E-state index contributed by atoms with van der Waals surface area (Å²) >= 11 is 0. The van der Waals surface area contributed by atoms with Crippen molar-refractivity contribution in [2.75, 3.05) is 85.9 Å². The average Bonchev–Trinajstić information content (AvgIpc) is 1.59. The van der Waals surface area contributed by atoms with E-state index in [4.69, 9.17) is 14.7 Å². The molecule has 0 spiro atoms. The number of morpholine rings is 2. The molecule has 448 valence electrons. The van der Waals surface area contributed by atoms with Crippen molar-refractivity contribution in [2.24, 2.45) is 16.1 Å². The maximum Gasteiger partial charge on any atom is 0.431 e. The topological polar surface area (TPSA) is 187 Å². The van der Waals surface area contributed by atoms with Gasteiger partial charge < -0.3 is 24.2 Å². The third-order valence-electron chi connectivity index (χ3n) is 15.2. The van der Waals surface area contributed by atoms with Gasteiger partial charge in [0.1, 0.15) is 35.2 Å². The Balaban J connectivity index is 0.000000174. The molecule has 11 rings (SSSR count). The summed E-state index contributed by atoms with van der Waals surface area (Å²) in [5.41, 5.74) is 4.01. The first-order valence-electron chi connectivity index (χ1n) is 27.3. The van der Waals surface area contributed by atoms with Crippen LogP contribution in [0.2, 0.25) is 0 Å². The number of nitriles is 2. The Labute approximate surface area is 494 Å². The molecule has 6 aromatic rings. The highest BCUT2D eigenvalue weighted by atomic mass is 19.4. The number of aldehydes is 2. The van der Waals surface area contributed by atoms with Gasteiger partial charge in [-0.25, -0.2) is 13.8 Å². The fourth-order valence-electron chi connectivity index (χ4n) is 10.8. The van der Waals surface area contributed by atoms with Crippen LogP contribution in [0.3, 0.4) is 0 Å². The fraction of sp³-hybridized carbons (Fsp3) is 0.270. The van der Waals surface area contributed by atoms with Crippen molar-refractivity contribution < 1.29 is 63.8 Å². The molecule has 3 fully saturated rings. The monoisotopic (exact) mass is 1200 g/mol. The third-order valence-corrected chi connectivity index (χ3v) is 15.2. The average molecular weight is 1200 g/mol. The number of amides is 2. The summed E-state index contributed by atoms with van der Waals surface area (Å²) in [6.07, 6.45) is -4.91. The Bertz CT molecular complexity index is 3720. The second-order valence-electron chi connectivity index (χ2n) is 20.2. The number of carbonyl (C=O) groups is 4. The first-order valence-corrected chi connectivity index (χ1v) is 27.3. The van der Waals surface area contributed by atoms with Crippen LogP contribution in [0.4, 0.5) is 57.9 Å². The summed E-state index contributed by atoms with van der Waals surface area (Å²) in [6.45, 7) is 4.99. The Morgan fingerprint density at radius 2 is 1.18 bits per heavy atom. The number of ether oxygens (including phenoxy) is 2. The number of hydrogen-bond donors (Lipinski definition) is 1. The number of rotatable bonds is 11. The molecule has 2 atom stereocenters. The van der Waals surface area contributed by atoms with Gasteiger partial charge in [-0.05, 0) is 103 Å². The van der Waals surface area contributed by atoms with E-state index in [9.17, 15) is 59.6 Å². The number of benzene rings is 6. The number of nitrogens with one attached hydrogen (secondary N) is 1. The molecule has 5 aliphatic rings. The van der Waals surface area contributed by atoms with Crippen molar-refractivity contribution in [3.8, 4) is 34.4 Å². The number of hydrogen-bond acceptors (Lipinski definition) is 14. The predicted molar refractivity (Wildman–Crippen MR) is 309 cm³/mol. The Morgan fingerprint density at radius 1 is 0.667 bits per heavy atom. The minimum absolute atomic E-state index is 0.00430. The van der Waals surface area contributed by atoms with Crippen LogP contribution in [0.1, 0.15) is 51.6 Å². The van der Waals surface area contributed by atoms with E-state index in [1.165, 1.54) is 17.0 Å². The molecule has 0 aliphatic carbocycles. The highest BCUT2D eigenvalue weighted by Gasteiger charge is 2.68. The summed E-state index contributed by atoms with van der Waals surface area (Å²) in [7, 11) is 0. The molecule has 0 saturated carbocycles. The molecule has 0 aromatic heterocycles. The van der Waals surface area contributed by atoms with Gasteiger partial charge in [-0.2, -0.15) is 47.1 Å². The van der Waals surface area contributed by atoms with E-state index in [-0.39, 0.29) is 67.7 Å². The zero-order valence-corrected chi connectivity index (χ0v) is 46.5. The Kier molecular flexibility index (Phi) is 19.0. The highest BCUT2D eigenvalue weighted by molar-refractivity contribution is 6.11. The number of hydrazone groups is 2. The van der Waals surface area contributed by atoms with Gasteiger partial charge in [-0.3, -0.25) is 29.5 Å². The van der Waals surface area contributed by atoms with Crippen molar-refractivity contribution in [1.82, 2.24) is 9.80 Å². The first kappa shape index (κ1) is 61.9. The van der Waals surface area contributed by atoms with Gasteiger partial charge in [0.2, 0.25) is 5.66 Å². The van der Waals surface area contributed by atoms with E-state index in [0.29, 0.717) is 42.1 Å². The molecule has 1 N–H and O–H groups in total. The quantitative estimate of drug-likeness (QED) is 0.0560. The fourth-order valence-corrected chi connectivity index (χ4v) is 10.8. The van der Waals surface area contributed by atoms with E-state index in [1.54, 1.807) is 65.6 Å². The number of carbonyl (C=O) groups excluding carboxylic acids is 4. The van der Waals surface area contributed by atoms with Gasteiger partial charge in [-0.1, -0.05) is 78.9 Å². The highest BCUT2D eigenvalue weighted by Crippen LogP contribution is 2.50. The summed E-state index contributed by atoms with van der Waals surface area (Å²) < 4.78 is 118. The molecule has 0 radical (unpaired) electrons. The van der Waals surface area contributed by atoms with Crippen molar-refractivity contribution in [2.45, 2.75) is 37.8 Å². The second-order valence-corrected chi connectivity index (χ2v) is 20.2. The molecule has 16 nitrogen and oxygen atoms in total. The normalized spacial score (nSPS) is 19.0. The summed E-state index contributed by atoms with van der Waals surface area (Å²) in [6, 6.07) is 39.1. The van der Waals surface area contributed by atoms with Gasteiger partial charge in [0.25, 0.3) is 11.8 Å². The lowest BCUT2D eigenvalue weighted by Gasteiger charge is -2.53. The zero-order valence-electron chi connectivity index (χ0n) is 46.5. The van der Waals surface area contributed by atoms with Gasteiger partial charge in [-0.15, -0.1) is 0 Å². The number of fused-ring (bicyclic) bond motifs is 1. The molecule has 24 heteroatoms. The van der Waals surface area contributed by atoms with Crippen molar-refractivity contribution in [3.05, 3.63) is 179 Å². The minimum atomic E-state index is -4.84. The molecule has 0 unspecified atom stereocenters. The lowest BCUT2D eigenvalue weighted by atomic mass is 9.79. The Hall–Kier alpha value is -9.62. The molecular weight excluding hydrogens is 1140 g/mol. The molecule has 3 saturated heterocycles. The molecule has 5 aliphatic heterocycles. The molecule has 0 bridgehead atoms. The second kappa shape index (κ2) is 26.7. The number of halogens is 8. The Morgan fingerprint density at radius 3 is 1.72 bits per heavy atom. The van der Waals surface area contributed by atoms with Crippen LogP contribution in [-0.4, -0.2) is 129 Å². The smallest absolute Gasteiger partial charge is 0.379 e. The summed E-state index contributed by atoms with van der Waals surface area (Å²) in [4.78, 5) is 57.6. The van der Waals surface area contributed by atoms with Gasteiger partial charge >= 0.3 is 12.4 Å². The van der Waals surface area contributed by atoms with Crippen molar-refractivity contribution in [1.29, 1.82) is 10.5 Å². The number of nitrogens with zero attached hydrogens (tertiary/aromatic N) is 9. The predicted octanol–water partition coefficient (Wildman–Crippen LogP) is 11.2. The van der Waals surface area contributed by atoms with Crippen LogP contribution >= 0.6 is 0 Å². The molecule has 6 aromatic carbocycles. The van der Waals surface area contributed by atoms with Crippen LogP contribution in [0.15, 0.2) is 155 Å². The summed E-state index contributed by atoms with van der Waals surface area (Å²) in [5.74, 6) is -3.52. The molecule has 87 heavy (non-hydrogen) atoms. The maximum absolute atomic E-state index is 14.7. The van der Waals surface area contributed by atoms with Crippen molar-refractivity contribution in [3.63, 3.8) is 0 Å². The standard InChI is InChI=1S/C31H25F4N5O3.C22H22N2O3.C10H7F4N3/c32-27-10-9-24(17-22(27)18-36)40-30(38-13-15-43-16-14-38)26(28(37-40)31(33,34)35)11-12-39(29(30)42)23-7-5-20(6-8-23)25-4-2-1-3-21(25)19-41;25-16-18-4-1-2-5-20(18)17-7-9-19(10-8-17)24-11-3-6-21(22(24)26)23-12-14-27-15-13-23;1-6(10(12,13)14)16-17-8-2-3-9(11)7(4-8)5-15/h1-10,17,19,26H,11-16H2;1-2,4-10,16H,3,11-15H2;2-4,17H,1H3/b;;16-6+/t26-,30+;;/m0../s1. The minimum Gasteiger partial charge on any atom is -0.379 e. The third kappa shape index (κ3) is 13.3. The van der Waals surface area contributed by atoms with Gasteiger partial charge in [0.15, 0.2) is 12.6 Å². The maximum atomic E-state index is 14.7. The number of anilines is 4. The SMILES string of the molecule is C/C(=N\Nc1ccc(F)c(C#N)c1)C(F)(F)F.N#Cc1cc(N2N=C(C(F)(F)F)[C@@H]3CCN(c4ccc(-c5ccccc5C=O)cc4)C(=O)[C@@]32N2CCOCC2)ccc1F.O=Cc1ccccc1-c1ccc(N2CCC=C(N3CCOCC3)C2=O)cc1. The van der Waals surface area contributed by atoms with Gasteiger partial charge in [0, 0.05) is 61.8 Å². The lowest BCUT2D eigenvalue weighted by molar-refractivity contribution is -0.140. The van der Waals surface area contributed by atoms with Crippen LogP contribution in [0.25, 0.3) is 22.3 Å². The molecule has 5 heterocycles. The summed E-state index contributed by atoms with van der Waals surface area (Å²) in [5, 5.41) is 26.1. The van der Waals surface area contributed by atoms with E-state index in [0.717, 1.165) is 96.4 Å². The van der Waals surface area contributed by atoms with E-state index in [1.807, 2.05) is 59.5 Å². The number of piperidine rings is 1. The number of alkyl halides is 6. The van der Waals surface area contributed by atoms with E-state index >= 15 is 0 Å². The van der Waals surface area contributed by atoms with Crippen LogP contribution in [0, 0.1) is 40.2 Å². The van der Waals surface area contributed by atoms with Crippen LogP contribution in [0.5, 0.6) is 0 Å². The molecular formula is C63H54F8N10O6. The van der Waals surface area contributed by atoms with E-state index < -0.39 is 52.9 Å². The lowest BCUT2D eigenvalue weighted by Crippen LogP contribution is -2.74. The van der Waals surface area contributed by atoms with Crippen molar-refractivity contribution >= 4 is 58.6 Å². The van der Waals surface area contributed by atoms with Gasteiger partial charge in [0.05, 0.1) is 60.5 Å². The zero-order chi connectivity index (χ0) is 62.0. The largest absolute Gasteiger partial charge is 0.431 e. The van der Waals surface area contributed by atoms with E-state index in [2.05, 4.69) is 20.5 Å². The van der Waals surface area contributed by atoms with Crippen LogP contribution < -0.4 is 20.2 Å².